The Balaban J connectivity index is 2.69. The van der Waals surface area contributed by atoms with Crippen molar-refractivity contribution >= 4 is 15.9 Å². The second-order valence-electron chi connectivity index (χ2n) is 3.66. The first-order chi connectivity index (χ1) is 8.07. The van der Waals surface area contributed by atoms with E-state index in [1.54, 1.807) is 0 Å². The summed E-state index contributed by atoms with van der Waals surface area (Å²) in [5.41, 5.74) is -0.260. The molecule has 0 radical (unpaired) electrons. The monoisotopic (exact) mass is 304 g/mol. The molecule has 0 N–H and O–H groups in total. The topological polar surface area (TPSA) is 62.5 Å². The molecule has 0 saturated heterocycles. The van der Waals surface area contributed by atoms with Crippen LogP contribution in [-0.4, -0.2) is 22.3 Å². The van der Waals surface area contributed by atoms with Crippen LogP contribution >= 0.6 is 15.9 Å². The van der Waals surface area contributed by atoms with E-state index in [0.717, 1.165) is 4.57 Å². The molecule has 0 spiro atoms. The van der Waals surface area contributed by atoms with Gasteiger partial charge in [0.1, 0.15) is 4.47 Å². The third-order valence-electron chi connectivity index (χ3n) is 2.65. The lowest BCUT2D eigenvalue weighted by Gasteiger charge is -2.27. The molecule has 0 aliphatic carbocycles. The zero-order chi connectivity index (χ0) is 12.6. The Morgan fingerprint density at radius 3 is 2.88 bits per heavy atom. The van der Waals surface area contributed by atoms with E-state index in [4.69, 9.17) is 9.47 Å². The Kier molecular flexibility index (Phi) is 3.50. The minimum atomic E-state index is -0.662. The Morgan fingerprint density at radius 2 is 2.24 bits per heavy atom. The molecule has 0 bridgehead atoms. The summed E-state index contributed by atoms with van der Waals surface area (Å²) in [6.07, 6.45) is -0.662. The molecule has 2 rings (SSSR count). The van der Waals surface area contributed by atoms with Crippen molar-refractivity contribution in [2.45, 2.75) is 19.8 Å². The molecule has 0 unspecified atom stereocenters. The molecule has 1 aromatic heterocycles. The van der Waals surface area contributed by atoms with Crippen molar-refractivity contribution in [3.05, 3.63) is 31.0 Å². The lowest BCUT2D eigenvalue weighted by molar-refractivity contribution is -0.162. The number of nitrogens with zero attached hydrogens (tertiary/aromatic N) is 2. The zero-order valence-corrected chi connectivity index (χ0v) is 11.2. The first kappa shape index (κ1) is 12.5. The van der Waals surface area contributed by atoms with Gasteiger partial charge in [0.05, 0.1) is 18.8 Å². The molecular weight excluding hydrogens is 292 g/mol. The highest BCUT2D eigenvalue weighted by Gasteiger charge is 2.27. The average Bonchev–Trinajstić information content (AvgIpc) is 2.34. The Morgan fingerprint density at radius 1 is 1.53 bits per heavy atom. The van der Waals surface area contributed by atoms with Crippen molar-refractivity contribution in [1.29, 1.82) is 0 Å². The smallest absolute Gasteiger partial charge is 0.331 e. The summed E-state index contributed by atoms with van der Waals surface area (Å²) >= 11 is 3.21. The van der Waals surface area contributed by atoms with E-state index >= 15 is 0 Å². The van der Waals surface area contributed by atoms with Crippen LogP contribution in [0.1, 0.15) is 18.9 Å². The average molecular weight is 305 g/mol. The quantitative estimate of drug-likeness (QED) is 0.792. The van der Waals surface area contributed by atoms with E-state index in [0.29, 0.717) is 29.9 Å². The van der Waals surface area contributed by atoms with Gasteiger partial charge in [0.25, 0.3) is 5.56 Å². The highest BCUT2D eigenvalue weighted by Crippen LogP contribution is 2.26. The van der Waals surface area contributed by atoms with Crippen LogP contribution in [0.25, 0.3) is 0 Å². The van der Waals surface area contributed by atoms with E-state index < -0.39 is 6.29 Å². The largest absolute Gasteiger partial charge is 0.347 e. The number of hydrogen-bond donors (Lipinski definition) is 0. The summed E-state index contributed by atoms with van der Waals surface area (Å²) in [5.74, 6) is 0. The summed E-state index contributed by atoms with van der Waals surface area (Å²) < 4.78 is 13.7. The van der Waals surface area contributed by atoms with E-state index in [-0.39, 0.29) is 11.2 Å². The van der Waals surface area contributed by atoms with Gasteiger partial charge in [-0.15, -0.1) is 0 Å². The normalized spacial score (nSPS) is 19.1. The molecule has 0 saturated carbocycles. The molecule has 1 atom stereocenters. The maximum Gasteiger partial charge on any atom is 0.331 e. The molecule has 94 valence electrons. The SMILES string of the molecule is CCO[C@H]1OCCn2c1c(Br)c(=O)n(C)c2=O. The first-order valence-electron chi connectivity index (χ1n) is 5.30. The third-order valence-corrected chi connectivity index (χ3v) is 3.40. The molecule has 1 aliphatic heterocycles. The second kappa shape index (κ2) is 4.75. The summed E-state index contributed by atoms with van der Waals surface area (Å²) in [5, 5.41) is 0. The fraction of sp³-hybridized carbons (Fsp3) is 0.600. The fourth-order valence-electron chi connectivity index (χ4n) is 1.80. The van der Waals surface area contributed by atoms with Crippen LogP contribution in [0.3, 0.4) is 0 Å². The van der Waals surface area contributed by atoms with E-state index in [2.05, 4.69) is 15.9 Å². The molecule has 2 heterocycles. The molecule has 0 aromatic carbocycles. The van der Waals surface area contributed by atoms with Gasteiger partial charge in [-0.1, -0.05) is 0 Å². The van der Waals surface area contributed by atoms with Crippen molar-refractivity contribution in [2.75, 3.05) is 13.2 Å². The predicted molar refractivity (Wildman–Crippen MR) is 64.0 cm³/mol. The molecule has 17 heavy (non-hydrogen) atoms. The van der Waals surface area contributed by atoms with Gasteiger partial charge in [0, 0.05) is 13.7 Å². The van der Waals surface area contributed by atoms with Crippen LogP contribution in [0.15, 0.2) is 14.1 Å². The van der Waals surface area contributed by atoms with Crippen LogP contribution in [0, 0.1) is 0 Å². The Labute approximate surface area is 106 Å². The van der Waals surface area contributed by atoms with Crippen molar-refractivity contribution in [3.63, 3.8) is 0 Å². The maximum absolute atomic E-state index is 11.9. The number of fused-ring (bicyclic) bond motifs is 1. The fourth-order valence-corrected chi connectivity index (χ4v) is 2.47. The molecule has 7 heteroatoms. The van der Waals surface area contributed by atoms with Gasteiger partial charge >= 0.3 is 5.69 Å². The highest BCUT2D eigenvalue weighted by atomic mass is 79.9. The Hall–Kier alpha value is -0.920. The number of rotatable bonds is 2. The summed E-state index contributed by atoms with van der Waals surface area (Å²) in [6, 6.07) is 0. The molecule has 1 aromatic rings. The van der Waals surface area contributed by atoms with Gasteiger partial charge in [-0.25, -0.2) is 4.79 Å². The van der Waals surface area contributed by atoms with E-state index in [1.165, 1.54) is 11.6 Å². The van der Waals surface area contributed by atoms with Gasteiger partial charge in [0.15, 0.2) is 0 Å². The number of hydrogen-bond acceptors (Lipinski definition) is 4. The van der Waals surface area contributed by atoms with Crippen LogP contribution in [0.4, 0.5) is 0 Å². The summed E-state index contributed by atoms with van der Waals surface area (Å²) in [7, 11) is 1.45. The first-order valence-corrected chi connectivity index (χ1v) is 6.09. The van der Waals surface area contributed by atoms with Crippen molar-refractivity contribution in [3.8, 4) is 0 Å². The minimum absolute atomic E-state index is 0.317. The summed E-state index contributed by atoms with van der Waals surface area (Å²) in [4.78, 5) is 23.7. The molecule has 6 nitrogen and oxygen atoms in total. The van der Waals surface area contributed by atoms with Gasteiger partial charge in [0.2, 0.25) is 6.29 Å². The third kappa shape index (κ3) is 1.98. The molecule has 1 aliphatic rings. The minimum Gasteiger partial charge on any atom is -0.347 e. The van der Waals surface area contributed by atoms with Crippen LogP contribution in [0.5, 0.6) is 0 Å². The van der Waals surface area contributed by atoms with Gasteiger partial charge in [-0.2, -0.15) is 0 Å². The van der Waals surface area contributed by atoms with Crippen molar-refractivity contribution < 1.29 is 9.47 Å². The lowest BCUT2D eigenvalue weighted by Crippen LogP contribution is -2.44. The number of halogens is 1. The summed E-state index contributed by atoms with van der Waals surface area (Å²) in [6.45, 7) is 3.09. The van der Waals surface area contributed by atoms with Crippen LogP contribution < -0.4 is 11.2 Å². The van der Waals surface area contributed by atoms with E-state index in [9.17, 15) is 9.59 Å². The van der Waals surface area contributed by atoms with Crippen LogP contribution in [0.2, 0.25) is 0 Å². The van der Waals surface area contributed by atoms with Crippen LogP contribution in [-0.2, 0) is 23.1 Å². The van der Waals surface area contributed by atoms with E-state index in [1.807, 2.05) is 6.92 Å². The van der Waals surface area contributed by atoms with Gasteiger partial charge in [-0.05, 0) is 22.9 Å². The second-order valence-corrected chi connectivity index (χ2v) is 4.45. The maximum atomic E-state index is 11.9. The standard InChI is InChI=1S/C10H13BrN2O4/c1-3-16-9-7-6(11)8(14)12(2)10(15)13(7)4-5-17-9/h9H,3-5H2,1-2H3/t9-/m0/s1. The Bertz CT molecular complexity index is 548. The number of ether oxygens (including phenoxy) is 2. The van der Waals surface area contributed by atoms with Gasteiger partial charge < -0.3 is 9.47 Å². The predicted octanol–water partition coefficient (Wildman–Crippen LogP) is 0.375. The lowest BCUT2D eigenvalue weighted by atomic mass is 10.3. The highest BCUT2D eigenvalue weighted by molar-refractivity contribution is 9.10. The van der Waals surface area contributed by atoms with Gasteiger partial charge in [-0.3, -0.25) is 13.9 Å². The van der Waals surface area contributed by atoms with Crippen molar-refractivity contribution in [2.24, 2.45) is 7.05 Å². The molecule has 0 fully saturated rings. The molecular formula is C10H13BrN2O4. The number of aromatic nitrogens is 2. The molecule has 0 amide bonds. The van der Waals surface area contributed by atoms with Crippen molar-refractivity contribution in [1.82, 2.24) is 9.13 Å². The zero-order valence-electron chi connectivity index (χ0n) is 9.60.